The van der Waals surface area contributed by atoms with Gasteiger partial charge < -0.3 is 4.74 Å². The molecule has 0 aliphatic heterocycles. The Morgan fingerprint density at radius 2 is 1.96 bits per heavy atom. The molecule has 1 saturated carbocycles. The first-order valence-corrected chi connectivity index (χ1v) is 8.46. The number of aryl methyl sites for hydroxylation is 1. The number of hydrogen-bond acceptors (Lipinski definition) is 3. The zero-order chi connectivity index (χ0) is 16.7. The lowest BCUT2D eigenvalue weighted by molar-refractivity contribution is 0.414. The smallest absolute Gasteiger partial charge is 0.199 e. The summed E-state index contributed by atoms with van der Waals surface area (Å²) < 4.78 is 7.98. The fourth-order valence-corrected chi connectivity index (χ4v) is 3.46. The van der Waals surface area contributed by atoms with Crippen molar-refractivity contribution in [2.24, 2.45) is 0 Å². The van der Waals surface area contributed by atoms with Crippen molar-refractivity contribution >= 4 is 12.2 Å². The molecule has 5 heteroatoms. The number of hydrogen-bond donors (Lipinski definition) is 1. The molecule has 0 bridgehead atoms. The Morgan fingerprint density at radius 3 is 2.71 bits per heavy atom. The van der Waals surface area contributed by atoms with Crippen molar-refractivity contribution < 1.29 is 4.74 Å². The third-order valence-corrected chi connectivity index (χ3v) is 4.91. The van der Waals surface area contributed by atoms with Gasteiger partial charge in [0.05, 0.1) is 12.8 Å². The quantitative estimate of drug-likeness (QED) is 0.712. The van der Waals surface area contributed by atoms with Gasteiger partial charge in [0.1, 0.15) is 11.6 Å². The van der Waals surface area contributed by atoms with Gasteiger partial charge in [-0.05, 0) is 49.2 Å². The van der Waals surface area contributed by atoms with Crippen molar-refractivity contribution in [3.05, 3.63) is 70.3 Å². The minimum Gasteiger partial charge on any atom is -0.497 e. The SMILES string of the molecule is COc1cccc(-n2c([C@H]3C[C@@H]3c3ccc(C)cc3)n[nH]c2=S)c1. The Balaban J connectivity index is 1.68. The molecule has 1 heterocycles. The highest BCUT2D eigenvalue weighted by molar-refractivity contribution is 7.71. The number of nitrogens with zero attached hydrogens (tertiary/aromatic N) is 2. The monoisotopic (exact) mass is 337 g/mol. The van der Waals surface area contributed by atoms with Crippen LogP contribution in [0.2, 0.25) is 0 Å². The van der Waals surface area contributed by atoms with E-state index in [1.165, 1.54) is 11.1 Å². The summed E-state index contributed by atoms with van der Waals surface area (Å²) in [5, 5.41) is 7.46. The fourth-order valence-electron chi connectivity index (χ4n) is 3.22. The minimum atomic E-state index is 0.395. The zero-order valence-electron chi connectivity index (χ0n) is 13.7. The Bertz CT molecular complexity index is 926. The second-order valence-corrected chi connectivity index (χ2v) is 6.67. The van der Waals surface area contributed by atoms with E-state index in [4.69, 9.17) is 17.0 Å². The van der Waals surface area contributed by atoms with Crippen LogP contribution in [-0.2, 0) is 0 Å². The van der Waals surface area contributed by atoms with Gasteiger partial charge in [-0.2, -0.15) is 5.10 Å². The molecular weight excluding hydrogens is 318 g/mol. The third-order valence-electron chi connectivity index (χ3n) is 4.64. The van der Waals surface area contributed by atoms with Gasteiger partial charge in [-0.3, -0.25) is 9.67 Å². The lowest BCUT2D eigenvalue weighted by Gasteiger charge is -2.08. The first-order valence-electron chi connectivity index (χ1n) is 8.05. The molecule has 0 saturated heterocycles. The summed E-state index contributed by atoms with van der Waals surface area (Å²) in [7, 11) is 1.67. The molecule has 2 aromatic carbocycles. The molecule has 0 unspecified atom stereocenters. The van der Waals surface area contributed by atoms with E-state index < -0.39 is 0 Å². The van der Waals surface area contributed by atoms with Crippen molar-refractivity contribution in [2.45, 2.75) is 25.2 Å². The van der Waals surface area contributed by atoms with Gasteiger partial charge in [0.2, 0.25) is 0 Å². The molecule has 4 nitrogen and oxygen atoms in total. The van der Waals surface area contributed by atoms with Gasteiger partial charge in [0, 0.05) is 12.0 Å². The van der Waals surface area contributed by atoms with Crippen LogP contribution >= 0.6 is 12.2 Å². The molecule has 0 spiro atoms. The standard InChI is InChI=1S/C19H19N3OS/c1-12-6-8-13(9-7-12)16-11-17(16)18-20-21-19(24)22(18)14-4-3-5-15(10-14)23-2/h3-10,16-17H,11H2,1-2H3,(H,21,24)/t16-,17+/m1/s1. The molecule has 24 heavy (non-hydrogen) atoms. The summed E-state index contributed by atoms with van der Waals surface area (Å²) in [5.74, 6) is 2.72. The van der Waals surface area contributed by atoms with E-state index in [0.29, 0.717) is 16.6 Å². The van der Waals surface area contributed by atoms with Crippen molar-refractivity contribution in [3.8, 4) is 11.4 Å². The van der Waals surface area contributed by atoms with E-state index in [-0.39, 0.29) is 0 Å². The average Bonchev–Trinajstić information content (AvgIpc) is 3.30. The summed E-state index contributed by atoms with van der Waals surface area (Å²) in [4.78, 5) is 0. The van der Waals surface area contributed by atoms with Crippen molar-refractivity contribution in [1.82, 2.24) is 14.8 Å². The molecule has 122 valence electrons. The molecule has 4 rings (SSSR count). The van der Waals surface area contributed by atoms with E-state index in [1.807, 2.05) is 28.8 Å². The van der Waals surface area contributed by atoms with E-state index >= 15 is 0 Å². The first kappa shape index (κ1) is 15.1. The molecule has 1 fully saturated rings. The number of H-pyrrole nitrogens is 1. The van der Waals surface area contributed by atoms with Crippen LogP contribution in [0.15, 0.2) is 48.5 Å². The zero-order valence-corrected chi connectivity index (χ0v) is 14.5. The molecule has 1 aliphatic rings. The Labute approximate surface area is 146 Å². The van der Waals surface area contributed by atoms with Gasteiger partial charge in [0.25, 0.3) is 0 Å². The molecule has 0 amide bonds. The highest BCUT2D eigenvalue weighted by Gasteiger charge is 2.43. The molecule has 2 atom stereocenters. The van der Waals surface area contributed by atoms with Crippen LogP contribution in [0.1, 0.15) is 35.2 Å². The summed E-state index contributed by atoms with van der Waals surface area (Å²) in [6.45, 7) is 2.11. The van der Waals surface area contributed by atoms with Crippen LogP contribution in [0, 0.1) is 11.7 Å². The maximum absolute atomic E-state index is 5.46. The van der Waals surface area contributed by atoms with Crippen LogP contribution in [0.3, 0.4) is 0 Å². The summed E-state index contributed by atoms with van der Waals surface area (Å²) >= 11 is 5.46. The summed E-state index contributed by atoms with van der Waals surface area (Å²) in [6.07, 6.45) is 1.10. The second-order valence-electron chi connectivity index (χ2n) is 6.28. The Hall–Kier alpha value is -2.40. The fraction of sp³-hybridized carbons (Fsp3) is 0.263. The normalized spacial score (nSPS) is 19.2. The van der Waals surface area contributed by atoms with Crippen LogP contribution in [0.5, 0.6) is 5.75 Å². The number of aromatic nitrogens is 3. The first-order chi connectivity index (χ1) is 11.7. The summed E-state index contributed by atoms with van der Waals surface area (Å²) in [6, 6.07) is 16.7. The minimum absolute atomic E-state index is 0.395. The molecule has 3 aromatic rings. The number of nitrogens with one attached hydrogen (secondary N) is 1. The van der Waals surface area contributed by atoms with Crippen molar-refractivity contribution in [1.29, 1.82) is 0 Å². The maximum Gasteiger partial charge on any atom is 0.199 e. The van der Waals surface area contributed by atoms with Crippen LogP contribution in [-0.4, -0.2) is 21.9 Å². The predicted molar refractivity (Wildman–Crippen MR) is 96.6 cm³/mol. The maximum atomic E-state index is 5.46. The van der Waals surface area contributed by atoms with Gasteiger partial charge in [-0.15, -0.1) is 0 Å². The van der Waals surface area contributed by atoms with Crippen molar-refractivity contribution in [3.63, 3.8) is 0 Å². The predicted octanol–water partition coefficient (Wildman–Crippen LogP) is 4.52. The average molecular weight is 337 g/mol. The van der Waals surface area contributed by atoms with Crippen LogP contribution in [0.4, 0.5) is 0 Å². The van der Waals surface area contributed by atoms with E-state index in [2.05, 4.69) is 41.4 Å². The Morgan fingerprint density at radius 1 is 1.17 bits per heavy atom. The molecule has 0 radical (unpaired) electrons. The Kier molecular flexibility index (Phi) is 3.73. The molecule has 1 N–H and O–H groups in total. The molecular formula is C19H19N3OS. The summed E-state index contributed by atoms with van der Waals surface area (Å²) in [5.41, 5.74) is 3.64. The van der Waals surface area contributed by atoms with E-state index in [1.54, 1.807) is 7.11 Å². The van der Waals surface area contributed by atoms with E-state index in [9.17, 15) is 0 Å². The number of aromatic amines is 1. The van der Waals surface area contributed by atoms with Crippen LogP contribution in [0.25, 0.3) is 5.69 Å². The molecule has 1 aromatic heterocycles. The van der Waals surface area contributed by atoms with Crippen LogP contribution < -0.4 is 4.74 Å². The lowest BCUT2D eigenvalue weighted by atomic mass is 10.1. The highest BCUT2D eigenvalue weighted by Crippen LogP contribution is 2.54. The van der Waals surface area contributed by atoms with Gasteiger partial charge in [0.15, 0.2) is 4.77 Å². The third kappa shape index (κ3) is 2.65. The number of benzene rings is 2. The van der Waals surface area contributed by atoms with Crippen molar-refractivity contribution in [2.75, 3.05) is 7.11 Å². The number of ether oxygens (including phenoxy) is 1. The number of methoxy groups -OCH3 is 1. The topological polar surface area (TPSA) is 42.8 Å². The lowest BCUT2D eigenvalue weighted by Crippen LogP contribution is -2.01. The van der Waals surface area contributed by atoms with Gasteiger partial charge >= 0.3 is 0 Å². The number of rotatable bonds is 4. The second kappa shape index (κ2) is 5.91. The van der Waals surface area contributed by atoms with Gasteiger partial charge in [-0.1, -0.05) is 35.9 Å². The highest BCUT2D eigenvalue weighted by atomic mass is 32.1. The molecule has 1 aliphatic carbocycles. The largest absolute Gasteiger partial charge is 0.497 e. The van der Waals surface area contributed by atoms with E-state index in [0.717, 1.165) is 23.7 Å². The van der Waals surface area contributed by atoms with Gasteiger partial charge in [-0.25, -0.2) is 0 Å².